The first-order valence-electron chi connectivity index (χ1n) is 14.9. The number of carbonyl (C=O) groups is 2. The van der Waals surface area contributed by atoms with E-state index in [1.165, 1.54) is 12.5 Å². The minimum absolute atomic E-state index is 0.0820. The second-order valence-electron chi connectivity index (χ2n) is 11.6. The Balaban J connectivity index is 1.10. The van der Waals surface area contributed by atoms with Gasteiger partial charge in [0.1, 0.15) is 18.2 Å². The van der Waals surface area contributed by atoms with Crippen molar-refractivity contribution in [3.8, 4) is 5.75 Å². The molecule has 4 heterocycles. The van der Waals surface area contributed by atoms with E-state index in [-0.39, 0.29) is 30.8 Å². The molecule has 2 aliphatic rings. The molecule has 1 saturated heterocycles. The van der Waals surface area contributed by atoms with Gasteiger partial charge in [0.15, 0.2) is 12.2 Å². The van der Waals surface area contributed by atoms with E-state index in [1.54, 1.807) is 25.3 Å². The fourth-order valence-corrected chi connectivity index (χ4v) is 5.98. The summed E-state index contributed by atoms with van der Waals surface area (Å²) in [5, 5.41) is 13.5. The van der Waals surface area contributed by atoms with Crippen molar-refractivity contribution in [3.63, 3.8) is 0 Å². The quantitative estimate of drug-likeness (QED) is 0.367. The van der Waals surface area contributed by atoms with Crippen LogP contribution < -0.4 is 10.1 Å². The number of benzene rings is 1. The van der Waals surface area contributed by atoms with Crippen molar-refractivity contribution in [1.29, 1.82) is 0 Å². The Labute approximate surface area is 251 Å². The predicted molar refractivity (Wildman–Crippen MR) is 157 cm³/mol. The maximum absolute atomic E-state index is 15.2. The van der Waals surface area contributed by atoms with Gasteiger partial charge in [-0.05, 0) is 68.7 Å². The molecule has 0 aliphatic carbocycles. The highest BCUT2D eigenvalue weighted by molar-refractivity contribution is 5.94. The summed E-state index contributed by atoms with van der Waals surface area (Å²) in [6, 6.07) is 4.88. The minimum atomic E-state index is -0.810. The normalized spacial score (nSPS) is 16.5. The Morgan fingerprint density at radius 1 is 1.19 bits per heavy atom. The van der Waals surface area contributed by atoms with Crippen LogP contribution in [-0.2, 0) is 30.8 Å². The van der Waals surface area contributed by atoms with Crippen LogP contribution in [-0.4, -0.2) is 75.5 Å². The van der Waals surface area contributed by atoms with Gasteiger partial charge in [-0.1, -0.05) is 0 Å². The van der Waals surface area contributed by atoms with Crippen molar-refractivity contribution in [2.24, 2.45) is 5.92 Å². The van der Waals surface area contributed by atoms with E-state index in [2.05, 4.69) is 15.3 Å². The molecule has 43 heavy (non-hydrogen) atoms. The van der Waals surface area contributed by atoms with Gasteiger partial charge < -0.3 is 24.5 Å². The fraction of sp³-hybridized carbons (Fsp3) is 0.500. The summed E-state index contributed by atoms with van der Waals surface area (Å²) < 4.78 is 26.3. The van der Waals surface area contributed by atoms with Gasteiger partial charge in [-0.2, -0.15) is 0 Å². The number of aliphatic hydroxyl groups is 1. The molecule has 1 atom stereocenters. The number of nitrogens with one attached hydrogen (secondary N) is 1. The summed E-state index contributed by atoms with van der Waals surface area (Å²) in [5.41, 5.74) is 4.53. The van der Waals surface area contributed by atoms with Gasteiger partial charge in [0.05, 0.1) is 11.8 Å². The monoisotopic (exact) mass is 593 g/mol. The smallest absolute Gasteiger partial charge is 0.251 e. The molecule has 2 amide bonds. The number of pyridine rings is 1. The lowest BCUT2D eigenvalue weighted by molar-refractivity contribution is -0.130. The van der Waals surface area contributed by atoms with Gasteiger partial charge in [0, 0.05) is 75.3 Å². The van der Waals surface area contributed by atoms with Crippen LogP contribution in [0.1, 0.15) is 64.0 Å². The zero-order valence-electron chi connectivity index (χ0n) is 25.1. The molecule has 2 aromatic heterocycles. The Morgan fingerprint density at radius 2 is 1.98 bits per heavy atom. The lowest BCUT2D eigenvalue weighted by Gasteiger charge is -2.32. The first-order valence-corrected chi connectivity index (χ1v) is 14.9. The van der Waals surface area contributed by atoms with Crippen LogP contribution in [0.5, 0.6) is 5.75 Å². The van der Waals surface area contributed by atoms with Crippen molar-refractivity contribution in [2.75, 3.05) is 32.7 Å². The van der Waals surface area contributed by atoms with E-state index >= 15 is 4.39 Å². The maximum Gasteiger partial charge on any atom is 0.251 e. The molecular formula is C32H40FN5O5. The van der Waals surface area contributed by atoms with Crippen LogP contribution in [0.3, 0.4) is 0 Å². The van der Waals surface area contributed by atoms with Crippen molar-refractivity contribution in [3.05, 3.63) is 76.0 Å². The SMILES string of the molecule is CC(=O)N1CCC(Cc2cc(C(=O)NC[C@H](O)CN3CCc4c(C)c(OCc5ocnc5C)cc(F)c4C3)ccn2)CC1. The van der Waals surface area contributed by atoms with E-state index < -0.39 is 6.10 Å². The molecule has 2 aliphatic heterocycles. The number of aliphatic hydroxyl groups excluding tert-OH is 1. The van der Waals surface area contributed by atoms with E-state index in [4.69, 9.17) is 9.15 Å². The summed E-state index contributed by atoms with van der Waals surface area (Å²) in [6.07, 6.45) is 5.43. The number of amides is 2. The van der Waals surface area contributed by atoms with Crippen molar-refractivity contribution in [1.82, 2.24) is 25.1 Å². The summed E-state index contributed by atoms with van der Waals surface area (Å²) in [4.78, 5) is 36.8. The zero-order chi connectivity index (χ0) is 30.5. The molecule has 5 rings (SSSR count). The minimum Gasteiger partial charge on any atom is -0.485 e. The molecule has 230 valence electrons. The lowest BCUT2D eigenvalue weighted by atomic mass is 9.91. The largest absolute Gasteiger partial charge is 0.485 e. The maximum atomic E-state index is 15.2. The molecule has 10 nitrogen and oxygen atoms in total. The van der Waals surface area contributed by atoms with Crippen molar-refractivity contribution < 1.29 is 28.2 Å². The molecule has 2 N–H and O–H groups in total. The summed E-state index contributed by atoms with van der Waals surface area (Å²) in [7, 11) is 0. The Morgan fingerprint density at radius 3 is 2.70 bits per heavy atom. The number of aryl methyl sites for hydroxylation is 1. The number of hydrogen-bond acceptors (Lipinski definition) is 8. The molecule has 3 aromatic rings. The highest BCUT2D eigenvalue weighted by atomic mass is 19.1. The summed E-state index contributed by atoms with van der Waals surface area (Å²) in [5.74, 6) is 1.02. The molecular weight excluding hydrogens is 553 g/mol. The van der Waals surface area contributed by atoms with Gasteiger partial charge in [-0.25, -0.2) is 9.37 Å². The molecule has 11 heteroatoms. The Hall–Kier alpha value is -3.83. The van der Waals surface area contributed by atoms with Gasteiger partial charge in [0.25, 0.3) is 5.91 Å². The molecule has 0 spiro atoms. The van der Waals surface area contributed by atoms with E-state index in [0.717, 1.165) is 54.9 Å². The van der Waals surface area contributed by atoms with Gasteiger partial charge in [-0.3, -0.25) is 19.5 Å². The predicted octanol–water partition coefficient (Wildman–Crippen LogP) is 3.35. The summed E-state index contributed by atoms with van der Waals surface area (Å²) >= 11 is 0. The Bertz CT molecular complexity index is 1450. The number of ether oxygens (including phenoxy) is 1. The van der Waals surface area contributed by atoms with Gasteiger partial charge in [-0.15, -0.1) is 0 Å². The average Bonchev–Trinajstić information content (AvgIpc) is 3.41. The number of oxazole rings is 1. The molecule has 0 saturated carbocycles. The van der Waals surface area contributed by atoms with Crippen molar-refractivity contribution in [2.45, 2.75) is 65.7 Å². The van der Waals surface area contributed by atoms with Crippen LogP contribution in [0.2, 0.25) is 0 Å². The molecule has 0 unspecified atom stereocenters. The highest BCUT2D eigenvalue weighted by Gasteiger charge is 2.26. The topological polar surface area (TPSA) is 121 Å². The first-order chi connectivity index (χ1) is 20.7. The number of rotatable bonds is 10. The number of carbonyl (C=O) groups excluding carboxylic acids is 2. The second-order valence-corrected chi connectivity index (χ2v) is 11.6. The zero-order valence-corrected chi connectivity index (χ0v) is 25.1. The summed E-state index contributed by atoms with van der Waals surface area (Å²) in [6.45, 7) is 8.47. The third-order valence-electron chi connectivity index (χ3n) is 8.60. The number of halogens is 1. The van der Waals surface area contributed by atoms with E-state index in [1.807, 2.05) is 23.6 Å². The van der Waals surface area contributed by atoms with E-state index in [9.17, 15) is 14.7 Å². The molecule has 1 fully saturated rings. The standard InChI is InChI=1S/C32H40FN5O5/c1-20-27-7-9-37(17-28(27)29(33)14-30(20)42-18-31-21(2)36-19-43-31)16-26(40)15-35-32(41)24-4-8-34-25(13-24)12-23-5-10-38(11-6-23)22(3)39/h4,8,13-14,19,23,26,40H,5-7,9-12,15-18H2,1-3H3,(H,35,41)/t26-/m0/s1. The molecule has 0 radical (unpaired) electrons. The van der Waals surface area contributed by atoms with Crippen LogP contribution in [0.25, 0.3) is 0 Å². The number of aromatic nitrogens is 2. The van der Waals surface area contributed by atoms with E-state index in [0.29, 0.717) is 54.6 Å². The lowest BCUT2D eigenvalue weighted by Crippen LogP contribution is -2.42. The average molecular weight is 594 g/mol. The van der Waals surface area contributed by atoms with Crippen LogP contribution in [0.15, 0.2) is 35.2 Å². The highest BCUT2D eigenvalue weighted by Crippen LogP contribution is 2.32. The van der Waals surface area contributed by atoms with Crippen molar-refractivity contribution >= 4 is 11.8 Å². The Kier molecular flexibility index (Phi) is 9.72. The molecule has 0 bridgehead atoms. The third kappa shape index (κ3) is 7.58. The third-order valence-corrected chi connectivity index (χ3v) is 8.60. The second kappa shape index (κ2) is 13.6. The first kappa shape index (κ1) is 30.6. The number of fused-ring (bicyclic) bond motifs is 1. The number of nitrogens with zero attached hydrogens (tertiary/aromatic N) is 4. The van der Waals surface area contributed by atoms with Crippen LogP contribution in [0, 0.1) is 25.6 Å². The number of piperidine rings is 1. The fourth-order valence-electron chi connectivity index (χ4n) is 5.98. The number of β-amino-alcohol motifs (C(OH)–C–C–N with tert-alkyl or cyclic N) is 1. The number of likely N-dealkylation sites (tertiary alicyclic amines) is 1. The van der Waals surface area contributed by atoms with Gasteiger partial charge in [0.2, 0.25) is 5.91 Å². The molecule has 1 aromatic carbocycles. The van der Waals surface area contributed by atoms with Gasteiger partial charge >= 0.3 is 0 Å². The number of hydrogen-bond donors (Lipinski definition) is 2. The van der Waals surface area contributed by atoms with Crippen LogP contribution in [0.4, 0.5) is 4.39 Å². The van der Waals surface area contributed by atoms with Crippen LogP contribution >= 0.6 is 0 Å².